The van der Waals surface area contributed by atoms with Crippen molar-refractivity contribution in [2.24, 2.45) is 0 Å². The van der Waals surface area contributed by atoms with Gasteiger partial charge in [0.2, 0.25) is 11.6 Å². The van der Waals surface area contributed by atoms with Crippen LogP contribution in [-0.2, 0) is 6.61 Å². The summed E-state index contributed by atoms with van der Waals surface area (Å²) in [5.41, 5.74) is -0.564. The largest absolute Gasteiger partial charge is 0.496 e. The standard InChI is InChI=1S/C19H12F4N2O6/c1-29-9-2-4-13(14(6-9)25(27)28)24-19(26)15-5-3-10(31-15)8-30-18-16(22)11(20)7-12(21)17(18)23/h2-7H,8H2,1H3,(H,24,26). The van der Waals surface area contributed by atoms with Crippen molar-refractivity contribution < 1.29 is 41.2 Å². The summed E-state index contributed by atoms with van der Waals surface area (Å²) in [7, 11) is 1.32. The Bertz CT molecular complexity index is 1140. The van der Waals surface area contributed by atoms with Crippen LogP contribution in [0.1, 0.15) is 16.3 Å². The molecule has 0 atom stereocenters. The van der Waals surface area contributed by atoms with E-state index in [0.29, 0.717) is 0 Å². The number of furan rings is 1. The Kier molecular flexibility index (Phi) is 6.09. The minimum Gasteiger partial charge on any atom is -0.496 e. The number of amides is 1. The van der Waals surface area contributed by atoms with Gasteiger partial charge in [0.25, 0.3) is 11.6 Å². The van der Waals surface area contributed by atoms with Gasteiger partial charge in [0.15, 0.2) is 23.1 Å². The van der Waals surface area contributed by atoms with Crippen LogP contribution in [0.15, 0.2) is 40.8 Å². The number of methoxy groups -OCH3 is 1. The SMILES string of the molecule is COc1ccc(NC(=O)c2ccc(COc3c(F)c(F)cc(F)c3F)o2)c([N+](=O)[O-])c1. The lowest BCUT2D eigenvalue weighted by atomic mass is 10.2. The van der Waals surface area contributed by atoms with E-state index in [1.54, 1.807) is 0 Å². The Balaban J connectivity index is 1.73. The second kappa shape index (κ2) is 8.73. The number of nitrogens with one attached hydrogen (secondary N) is 1. The molecule has 1 amide bonds. The molecule has 1 heterocycles. The van der Waals surface area contributed by atoms with Crippen LogP contribution in [0.25, 0.3) is 0 Å². The molecule has 162 valence electrons. The zero-order valence-corrected chi connectivity index (χ0v) is 15.6. The second-order valence-electron chi connectivity index (χ2n) is 5.95. The van der Waals surface area contributed by atoms with Crippen LogP contribution < -0.4 is 14.8 Å². The van der Waals surface area contributed by atoms with Gasteiger partial charge in [-0.15, -0.1) is 0 Å². The van der Waals surface area contributed by atoms with Crippen molar-refractivity contribution in [1.29, 1.82) is 0 Å². The summed E-state index contributed by atoms with van der Waals surface area (Å²) in [6.45, 7) is -0.660. The van der Waals surface area contributed by atoms with Crippen molar-refractivity contribution >= 4 is 17.3 Å². The Morgan fingerprint density at radius 3 is 2.39 bits per heavy atom. The lowest BCUT2D eigenvalue weighted by Crippen LogP contribution is -2.12. The van der Waals surface area contributed by atoms with Gasteiger partial charge in [-0.1, -0.05) is 0 Å². The smallest absolute Gasteiger partial charge is 0.296 e. The first-order valence-electron chi connectivity index (χ1n) is 8.39. The van der Waals surface area contributed by atoms with Crippen molar-refractivity contribution in [1.82, 2.24) is 0 Å². The first kappa shape index (κ1) is 21.6. The van der Waals surface area contributed by atoms with Crippen LogP contribution in [0, 0.1) is 33.4 Å². The highest BCUT2D eigenvalue weighted by molar-refractivity contribution is 6.03. The van der Waals surface area contributed by atoms with E-state index in [2.05, 4.69) is 5.32 Å². The molecule has 0 spiro atoms. The molecule has 2 aromatic carbocycles. The number of carbonyl (C=O) groups excluding carboxylic acids is 1. The predicted molar refractivity (Wildman–Crippen MR) is 96.9 cm³/mol. The van der Waals surface area contributed by atoms with Gasteiger partial charge in [-0.05, 0) is 24.3 Å². The number of rotatable bonds is 7. The van der Waals surface area contributed by atoms with Gasteiger partial charge in [0.05, 0.1) is 18.1 Å². The first-order valence-corrected chi connectivity index (χ1v) is 8.39. The molecule has 0 saturated carbocycles. The maximum absolute atomic E-state index is 13.6. The predicted octanol–water partition coefficient (Wildman–Crippen LogP) is 4.58. The Morgan fingerprint density at radius 1 is 1.10 bits per heavy atom. The zero-order chi connectivity index (χ0) is 22.7. The molecular weight excluding hydrogens is 428 g/mol. The normalized spacial score (nSPS) is 10.6. The Labute approximate surface area is 171 Å². The van der Waals surface area contributed by atoms with E-state index in [1.165, 1.54) is 31.4 Å². The van der Waals surface area contributed by atoms with Gasteiger partial charge in [-0.2, -0.15) is 8.78 Å². The number of carbonyl (C=O) groups is 1. The highest BCUT2D eigenvalue weighted by atomic mass is 19.2. The molecule has 0 aliphatic heterocycles. The molecule has 12 heteroatoms. The van der Waals surface area contributed by atoms with Crippen LogP contribution in [0.2, 0.25) is 0 Å². The van der Waals surface area contributed by atoms with Gasteiger partial charge < -0.3 is 19.2 Å². The zero-order valence-electron chi connectivity index (χ0n) is 15.6. The van der Waals surface area contributed by atoms with Gasteiger partial charge >= 0.3 is 0 Å². The third-order valence-corrected chi connectivity index (χ3v) is 3.97. The van der Waals surface area contributed by atoms with Crippen LogP contribution in [-0.4, -0.2) is 17.9 Å². The summed E-state index contributed by atoms with van der Waals surface area (Å²) in [5, 5.41) is 13.5. The Hall–Kier alpha value is -4.09. The minimum atomic E-state index is -1.73. The number of hydrogen-bond donors (Lipinski definition) is 1. The second-order valence-corrected chi connectivity index (χ2v) is 5.95. The van der Waals surface area contributed by atoms with Crippen molar-refractivity contribution in [3.05, 3.63) is 81.3 Å². The molecule has 0 fully saturated rings. The van der Waals surface area contributed by atoms with E-state index in [-0.39, 0.29) is 29.0 Å². The third-order valence-electron chi connectivity index (χ3n) is 3.97. The van der Waals surface area contributed by atoms with Crippen LogP contribution in [0.3, 0.4) is 0 Å². The van der Waals surface area contributed by atoms with Crippen molar-refractivity contribution in [3.63, 3.8) is 0 Å². The maximum Gasteiger partial charge on any atom is 0.296 e. The lowest BCUT2D eigenvalue weighted by Gasteiger charge is -2.08. The number of anilines is 1. The molecule has 3 aromatic rings. The highest BCUT2D eigenvalue weighted by Gasteiger charge is 2.22. The average Bonchev–Trinajstić information content (AvgIpc) is 3.21. The molecule has 1 N–H and O–H groups in total. The van der Waals surface area contributed by atoms with Crippen molar-refractivity contribution in [3.8, 4) is 11.5 Å². The molecule has 0 aliphatic carbocycles. The fourth-order valence-corrected chi connectivity index (χ4v) is 2.48. The van der Waals surface area contributed by atoms with Gasteiger partial charge in [0, 0.05) is 6.07 Å². The summed E-state index contributed by atoms with van der Waals surface area (Å²) in [5.74, 6) is -9.11. The van der Waals surface area contributed by atoms with Gasteiger partial charge in [0.1, 0.15) is 23.8 Å². The maximum atomic E-state index is 13.6. The van der Waals surface area contributed by atoms with Gasteiger partial charge in [-0.25, -0.2) is 8.78 Å². The van der Waals surface area contributed by atoms with Gasteiger partial charge in [-0.3, -0.25) is 14.9 Å². The summed E-state index contributed by atoms with van der Waals surface area (Å²) >= 11 is 0. The fourth-order valence-electron chi connectivity index (χ4n) is 2.48. The summed E-state index contributed by atoms with van der Waals surface area (Å²) in [4.78, 5) is 22.8. The van der Waals surface area contributed by atoms with Crippen LogP contribution in [0.5, 0.6) is 11.5 Å². The number of nitro benzene ring substituents is 1. The summed E-state index contributed by atoms with van der Waals surface area (Å²) in [6.07, 6.45) is 0. The molecule has 0 saturated heterocycles. The number of halogens is 4. The molecule has 1 aromatic heterocycles. The Morgan fingerprint density at radius 2 is 1.77 bits per heavy atom. The summed E-state index contributed by atoms with van der Waals surface area (Å²) in [6, 6.07) is 6.17. The molecule has 0 bridgehead atoms. The van der Waals surface area contributed by atoms with E-state index in [4.69, 9.17) is 13.9 Å². The summed E-state index contributed by atoms with van der Waals surface area (Å²) < 4.78 is 68.4. The topological polar surface area (TPSA) is 104 Å². The van der Waals surface area contributed by atoms with E-state index in [1.807, 2.05) is 0 Å². The van der Waals surface area contributed by atoms with E-state index in [9.17, 15) is 32.5 Å². The average molecular weight is 440 g/mol. The van der Waals surface area contributed by atoms with Crippen LogP contribution >= 0.6 is 0 Å². The van der Waals surface area contributed by atoms with E-state index >= 15 is 0 Å². The third kappa shape index (κ3) is 4.57. The molecule has 8 nitrogen and oxygen atoms in total. The number of hydrogen-bond acceptors (Lipinski definition) is 6. The quantitative estimate of drug-likeness (QED) is 0.250. The fraction of sp³-hybridized carbons (Fsp3) is 0.105. The number of ether oxygens (including phenoxy) is 2. The molecule has 3 rings (SSSR count). The molecule has 0 aliphatic rings. The molecule has 0 radical (unpaired) electrons. The number of nitrogens with zero attached hydrogens (tertiary/aromatic N) is 1. The van der Waals surface area contributed by atoms with Crippen LogP contribution in [0.4, 0.5) is 28.9 Å². The molecular formula is C19H12F4N2O6. The van der Waals surface area contributed by atoms with E-state index in [0.717, 1.165) is 6.07 Å². The number of nitro groups is 1. The monoisotopic (exact) mass is 440 g/mol. The first-order chi connectivity index (χ1) is 14.7. The number of benzene rings is 2. The molecule has 31 heavy (non-hydrogen) atoms. The minimum absolute atomic E-state index is 0.0330. The highest BCUT2D eigenvalue weighted by Crippen LogP contribution is 2.30. The van der Waals surface area contributed by atoms with Crippen molar-refractivity contribution in [2.75, 3.05) is 12.4 Å². The van der Waals surface area contributed by atoms with Crippen molar-refractivity contribution in [2.45, 2.75) is 6.61 Å². The van der Waals surface area contributed by atoms with E-state index < -0.39 is 52.1 Å². The lowest BCUT2D eigenvalue weighted by molar-refractivity contribution is -0.384. The molecule has 0 unspecified atom stereocenters.